The minimum atomic E-state index is -4.72. The number of thiazole rings is 1. The second-order valence-electron chi connectivity index (χ2n) is 2.28. The molecule has 0 unspecified atom stereocenters. The highest BCUT2D eigenvalue weighted by molar-refractivity contribution is 7.14. The van der Waals surface area contributed by atoms with Gasteiger partial charge in [-0.15, -0.1) is 11.3 Å². The van der Waals surface area contributed by atoms with E-state index in [1.807, 2.05) is 0 Å². The van der Waals surface area contributed by atoms with Gasteiger partial charge >= 0.3 is 12.6 Å². The number of alkyl halides is 6. The Labute approximate surface area is 83.1 Å². The van der Waals surface area contributed by atoms with Gasteiger partial charge in [0.05, 0.1) is 0 Å². The maximum absolute atomic E-state index is 11.7. The molecule has 0 bridgehead atoms. The highest BCUT2D eigenvalue weighted by Gasteiger charge is 2.31. The maximum atomic E-state index is 11.7. The molecular weight excluding hydrogens is 248 g/mol. The molecule has 2 N–H and O–H groups in total. The van der Waals surface area contributed by atoms with Gasteiger partial charge in [-0.1, -0.05) is 0 Å². The fourth-order valence-corrected chi connectivity index (χ4v) is 1.32. The monoisotopic (exact) mass is 251 g/mol. The van der Waals surface area contributed by atoms with Crippen LogP contribution in [0.15, 0.2) is 5.38 Å². The molecule has 0 aliphatic rings. The van der Waals surface area contributed by atoms with Gasteiger partial charge in [0, 0.05) is 5.38 Å². The zero-order chi connectivity index (χ0) is 11.7. The molecule has 86 valence electrons. The molecule has 0 amide bonds. The van der Waals surface area contributed by atoms with Crippen LogP contribution in [0.5, 0.6) is 0 Å². The van der Waals surface area contributed by atoms with Crippen molar-refractivity contribution in [3.8, 4) is 0 Å². The van der Waals surface area contributed by atoms with Crippen LogP contribution < -0.4 is 10.6 Å². The molecule has 0 aromatic carbocycles. The van der Waals surface area contributed by atoms with Crippen LogP contribution in [0.25, 0.3) is 0 Å². The third-order valence-corrected chi connectivity index (χ3v) is 1.78. The Morgan fingerprint density at radius 2 is 1.53 bits per heavy atom. The topological polar surface area (TPSA) is 37.0 Å². The van der Waals surface area contributed by atoms with Crippen molar-refractivity contribution in [1.82, 2.24) is 4.98 Å². The van der Waals surface area contributed by atoms with Crippen LogP contribution >= 0.6 is 11.3 Å². The molecule has 1 aromatic heterocycles. The van der Waals surface area contributed by atoms with Crippen molar-refractivity contribution in [2.75, 3.05) is 10.6 Å². The number of nitrogens with zero attached hydrogens (tertiary/aromatic N) is 1. The maximum Gasteiger partial charge on any atom is 0.484 e. The number of nitrogens with one attached hydrogen (secondary N) is 2. The largest absolute Gasteiger partial charge is 0.484 e. The summed E-state index contributed by atoms with van der Waals surface area (Å²) in [6.07, 6.45) is -9.43. The van der Waals surface area contributed by atoms with E-state index in [-0.39, 0.29) is 0 Å². The SMILES string of the molecule is FC(F)(F)Nc1csc(NC(F)(F)F)n1. The zero-order valence-corrected chi connectivity index (χ0v) is 7.52. The number of rotatable bonds is 2. The molecule has 0 aliphatic heterocycles. The van der Waals surface area contributed by atoms with Gasteiger partial charge in [0.2, 0.25) is 0 Å². The Bertz CT molecular complexity index is 298. The number of aromatic nitrogens is 1. The van der Waals surface area contributed by atoms with E-state index in [1.165, 1.54) is 0 Å². The Kier molecular flexibility index (Phi) is 2.98. The number of hydrogen-bond acceptors (Lipinski definition) is 4. The summed E-state index contributed by atoms with van der Waals surface area (Å²) < 4.78 is 70.2. The smallest absolute Gasteiger partial charge is 0.281 e. The number of hydrogen-bond donors (Lipinski definition) is 2. The van der Waals surface area contributed by atoms with E-state index in [2.05, 4.69) is 4.98 Å². The Morgan fingerprint density at radius 3 is 2.00 bits per heavy atom. The lowest BCUT2D eigenvalue weighted by molar-refractivity contribution is -0.100. The zero-order valence-electron chi connectivity index (χ0n) is 6.70. The minimum absolute atomic E-state index is 0.412. The van der Waals surface area contributed by atoms with Crippen LogP contribution in [-0.2, 0) is 0 Å². The van der Waals surface area contributed by atoms with E-state index in [1.54, 1.807) is 0 Å². The lowest BCUT2D eigenvalue weighted by Gasteiger charge is -2.07. The van der Waals surface area contributed by atoms with Crippen LogP contribution in [0, 0.1) is 0 Å². The van der Waals surface area contributed by atoms with Crippen LogP contribution in [-0.4, -0.2) is 17.6 Å². The first-order valence-corrected chi connectivity index (χ1v) is 4.19. The number of anilines is 2. The highest BCUT2D eigenvalue weighted by atomic mass is 32.1. The molecule has 1 heterocycles. The first-order chi connectivity index (χ1) is 6.66. The second kappa shape index (κ2) is 3.76. The summed E-state index contributed by atoms with van der Waals surface area (Å²) in [7, 11) is 0. The summed E-state index contributed by atoms with van der Waals surface area (Å²) in [5, 5.41) is 2.13. The average Bonchev–Trinajstić information content (AvgIpc) is 2.28. The van der Waals surface area contributed by atoms with Gasteiger partial charge in [-0.25, -0.2) is 4.98 Å². The predicted octanol–water partition coefficient (Wildman–Crippen LogP) is 3.01. The van der Waals surface area contributed by atoms with Crippen LogP contribution in [0.3, 0.4) is 0 Å². The molecule has 0 fully saturated rings. The fraction of sp³-hybridized carbons (Fsp3) is 0.400. The van der Waals surface area contributed by atoms with Gasteiger partial charge in [-0.05, 0) is 0 Å². The van der Waals surface area contributed by atoms with Crippen molar-refractivity contribution in [2.24, 2.45) is 0 Å². The fourth-order valence-electron chi connectivity index (χ4n) is 0.655. The summed E-state index contributed by atoms with van der Waals surface area (Å²) in [5.41, 5.74) is 0. The molecule has 0 saturated heterocycles. The molecule has 0 spiro atoms. The molecule has 0 saturated carbocycles. The number of halogens is 6. The van der Waals surface area contributed by atoms with Crippen LogP contribution in [0.4, 0.5) is 37.3 Å². The average molecular weight is 251 g/mol. The van der Waals surface area contributed by atoms with Gasteiger partial charge in [0.25, 0.3) is 0 Å². The van der Waals surface area contributed by atoms with Crippen molar-refractivity contribution in [3.05, 3.63) is 5.38 Å². The highest BCUT2D eigenvalue weighted by Crippen LogP contribution is 2.27. The molecule has 15 heavy (non-hydrogen) atoms. The third-order valence-electron chi connectivity index (χ3n) is 1.02. The van der Waals surface area contributed by atoms with Gasteiger partial charge in [-0.2, -0.15) is 26.3 Å². The molecule has 0 radical (unpaired) electrons. The van der Waals surface area contributed by atoms with Gasteiger partial charge in [-0.3, -0.25) is 10.6 Å². The van der Waals surface area contributed by atoms with Gasteiger partial charge in [0.1, 0.15) is 5.82 Å². The first-order valence-electron chi connectivity index (χ1n) is 3.31. The van der Waals surface area contributed by atoms with E-state index < -0.39 is 23.5 Å². The van der Waals surface area contributed by atoms with Crippen molar-refractivity contribution in [3.63, 3.8) is 0 Å². The van der Waals surface area contributed by atoms with E-state index in [0.717, 1.165) is 16.0 Å². The Morgan fingerprint density at radius 1 is 1.00 bits per heavy atom. The van der Waals surface area contributed by atoms with E-state index in [0.29, 0.717) is 11.3 Å². The van der Waals surface area contributed by atoms with E-state index in [4.69, 9.17) is 0 Å². The molecule has 1 aromatic rings. The molecule has 0 aliphatic carbocycles. The summed E-state index contributed by atoms with van der Waals surface area (Å²) in [6, 6.07) is 0. The predicted molar refractivity (Wildman–Crippen MR) is 41.5 cm³/mol. The summed E-state index contributed by atoms with van der Waals surface area (Å²) in [4.78, 5) is 3.04. The summed E-state index contributed by atoms with van der Waals surface area (Å²) >= 11 is 0.412. The standard InChI is InChI=1S/C5H3F6N3S/c6-4(7,8)13-2-1-15-3(12-2)14-5(9,10)11/h1,13H,(H,12,14). The normalized spacial score (nSPS) is 12.7. The van der Waals surface area contributed by atoms with Crippen molar-refractivity contribution < 1.29 is 26.3 Å². The molecule has 1 rings (SSSR count). The van der Waals surface area contributed by atoms with Crippen LogP contribution in [0.1, 0.15) is 0 Å². The van der Waals surface area contributed by atoms with Crippen LogP contribution in [0.2, 0.25) is 0 Å². The van der Waals surface area contributed by atoms with Crippen molar-refractivity contribution >= 4 is 22.3 Å². The second-order valence-corrected chi connectivity index (χ2v) is 3.14. The van der Waals surface area contributed by atoms with E-state index in [9.17, 15) is 26.3 Å². The molecule has 0 atom stereocenters. The van der Waals surface area contributed by atoms with Gasteiger partial charge in [0.15, 0.2) is 5.13 Å². The van der Waals surface area contributed by atoms with E-state index >= 15 is 0 Å². The summed E-state index contributed by atoms with van der Waals surface area (Å²) in [6.45, 7) is 0. The quantitative estimate of drug-likeness (QED) is 0.626. The third kappa shape index (κ3) is 4.72. The minimum Gasteiger partial charge on any atom is -0.281 e. The summed E-state index contributed by atoms with van der Waals surface area (Å²) in [5.74, 6) is -0.681. The molecule has 3 nitrogen and oxygen atoms in total. The first kappa shape index (κ1) is 11.9. The Balaban J connectivity index is 2.65. The lowest BCUT2D eigenvalue weighted by Crippen LogP contribution is -2.22. The molecule has 10 heteroatoms. The molecular formula is C5H3F6N3S. The van der Waals surface area contributed by atoms with Crippen molar-refractivity contribution in [2.45, 2.75) is 12.6 Å². The van der Waals surface area contributed by atoms with Gasteiger partial charge < -0.3 is 0 Å². The Hall–Kier alpha value is -1.19. The lowest BCUT2D eigenvalue weighted by atomic mass is 10.7. The van der Waals surface area contributed by atoms with Crippen molar-refractivity contribution in [1.29, 1.82) is 0 Å².